The van der Waals surface area contributed by atoms with Gasteiger partial charge >= 0.3 is 0 Å². The second-order valence-corrected chi connectivity index (χ2v) is 6.05. The van der Waals surface area contributed by atoms with Crippen LogP contribution in [0.3, 0.4) is 0 Å². The molecule has 2 heteroatoms. The van der Waals surface area contributed by atoms with E-state index in [1.807, 2.05) is 0 Å². The molecule has 2 nitrogen and oxygen atoms in total. The first-order chi connectivity index (χ1) is 8.18. The van der Waals surface area contributed by atoms with Crippen LogP contribution in [0.25, 0.3) is 0 Å². The van der Waals surface area contributed by atoms with Gasteiger partial charge in [-0.1, -0.05) is 33.6 Å². The SMILES string of the molecule is CC(C)CCCNCCOC1CCCC(C)C1. The summed E-state index contributed by atoms with van der Waals surface area (Å²) >= 11 is 0. The highest BCUT2D eigenvalue weighted by molar-refractivity contribution is 4.70. The molecular formula is C15H31NO. The van der Waals surface area contributed by atoms with Crippen molar-refractivity contribution < 1.29 is 4.74 Å². The van der Waals surface area contributed by atoms with Crippen molar-refractivity contribution in [3.05, 3.63) is 0 Å². The van der Waals surface area contributed by atoms with E-state index in [4.69, 9.17) is 4.74 Å². The Bertz CT molecular complexity index is 182. The molecule has 102 valence electrons. The molecule has 2 atom stereocenters. The van der Waals surface area contributed by atoms with Crippen LogP contribution in [0.2, 0.25) is 0 Å². The highest BCUT2D eigenvalue weighted by Crippen LogP contribution is 2.25. The molecule has 0 aliphatic heterocycles. The van der Waals surface area contributed by atoms with Crippen molar-refractivity contribution in [2.24, 2.45) is 11.8 Å². The van der Waals surface area contributed by atoms with Crippen LogP contribution in [-0.2, 0) is 4.74 Å². The summed E-state index contributed by atoms with van der Waals surface area (Å²) in [5.74, 6) is 1.70. The minimum Gasteiger partial charge on any atom is -0.377 e. The van der Waals surface area contributed by atoms with E-state index >= 15 is 0 Å². The molecule has 0 amide bonds. The van der Waals surface area contributed by atoms with E-state index in [1.54, 1.807) is 0 Å². The first-order valence-corrected chi connectivity index (χ1v) is 7.50. The molecule has 0 aromatic rings. The Balaban J connectivity index is 1.86. The molecule has 0 aromatic carbocycles. The third-order valence-electron chi connectivity index (χ3n) is 3.66. The molecule has 0 heterocycles. The molecule has 0 aromatic heterocycles. The zero-order chi connectivity index (χ0) is 12.5. The molecule has 1 saturated carbocycles. The molecule has 17 heavy (non-hydrogen) atoms. The van der Waals surface area contributed by atoms with E-state index < -0.39 is 0 Å². The maximum absolute atomic E-state index is 5.92. The van der Waals surface area contributed by atoms with Crippen molar-refractivity contribution in [1.82, 2.24) is 5.32 Å². The average Bonchev–Trinajstić information content (AvgIpc) is 2.27. The summed E-state index contributed by atoms with van der Waals surface area (Å²) in [5, 5.41) is 3.47. The third-order valence-corrected chi connectivity index (χ3v) is 3.66. The molecule has 1 aliphatic carbocycles. The van der Waals surface area contributed by atoms with Crippen LogP contribution in [0.1, 0.15) is 59.3 Å². The highest BCUT2D eigenvalue weighted by atomic mass is 16.5. The van der Waals surface area contributed by atoms with E-state index in [-0.39, 0.29) is 0 Å². The minimum absolute atomic E-state index is 0.538. The van der Waals surface area contributed by atoms with Gasteiger partial charge in [-0.05, 0) is 44.1 Å². The Morgan fingerprint density at radius 2 is 2.06 bits per heavy atom. The second kappa shape index (κ2) is 8.93. The van der Waals surface area contributed by atoms with Gasteiger partial charge in [-0.2, -0.15) is 0 Å². The van der Waals surface area contributed by atoms with Gasteiger partial charge in [-0.15, -0.1) is 0 Å². The number of rotatable bonds is 8. The zero-order valence-electron chi connectivity index (χ0n) is 12.0. The number of hydrogen-bond donors (Lipinski definition) is 1. The molecule has 2 unspecified atom stereocenters. The smallest absolute Gasteiger partial charge is 0.0594 e. The van der Waals surface area contributed by atoms with E-state index in [1.165, 1.54) is 38.5 Å². The third kappa shape index (κ3) is 7.77. The molecule has 1 N–H and O–H groups in total. The lowest BCUT2D eigenvalue weighted by molar-refractivity contribution is 0.0174. The summed E-state index contributed by atoms with van der Waals surface area (Å²) in [7, 11) is 0. The van der Waals surface area contributed by atoms with Gasteiger partial charge in [0.15, 0.2) is 0 Å². The van der Waals surface area contributed by atoms with Crippen molar-refractivity contribution in [2.75, 3.05) is 19.7 Å². The molecule has 0 saturated heterocycles. The quantitative estimate of drug-likeness (QED) is 0.656. The van der Waals surface area contributed by atoms with E-state index in [9.17, 15) is 0 Å². The monoisotopic (exact) mass is 241 g/mol. The maximum Gasteiger partial charge on any atom is 0.0594 e. The summed E-state index contributed by atoms with van der Waals surface area (Å²) in [6.07, 6.45) is 8.45. The predicted octanol–water partition coefficient (Wildman–Crippen LogP) is 3.61. The normalized spacial score (nSPS) is 25.4. The van der Waals surface area contributed by atoms with Crippen LogP contribution in [0, 0.1) is 11.8 Å². The van der Waals surface area contributed by atoms with Crippen molar-refractivity contribution in [3.63, 3.8) is 0 Å². The van der Waals surface area contributed by atoms with Crippen LogP contribution < -0.4 is 5.32 Å². The summed E-state index contributed by atoms with van der Waals surface area (Å²) < 4.78 is 5.92. The van der Waals surface area contributed by atoms with Gasteiger partial charge in [-0.3, -0.25) is 0 Å². The Hall–Kier alpha value is -0.0800. The predicted molar refractivity (Wildman–Crippen MR) is 74.3 cm³/mol. The first-order valence-electron chi connectivity index (χ1n) is 7.50. The topological polar surface area (TPSA) is 21.3 Å². The first kappa shape index (κ1) is 15.0. The Morgan fingerprint density at radius 3 is 2.76 bits per heavy atom. The average molecular weight is 241 g/mol. The van der Waals surface area contributed by atoms with Gasteiger partial charge < -0.3 is 10.1 Å². The lowest BCUT2D eigenvalue weighted by Crippen LogP contribution is -2.27. The molecular weight excluding hydrogens is 210 g/mol. The van der Waals surface area contributed by atoms with Crippen molar-refractivity contribution in [3.8, 4) is 0 Å². The van der Waals surface area contributed by atoms with Gasteiger partial charge in [-0.25, -0.2) is 0 Å². The van der Waals surface area contributed by atoms with Crippen molar-refractivity contribution in [1.29, 1.82) is 0 Å². The standard InChI is InChI=1S/C15H31NO/c1-13(2)6-5-9-16-10-11-17-15-8-4-7-14(3)12-15/h13-16H,4-12H2,1-3H3. The van der Waals surface area contributed by atoms with Crippen LogP contribution in [-0.4, -0.2) is 25.8 Å². The van der Waals surface area contributed by atoms with Gasteiger partial charge in [0.25, 0.3) is 0 Å². The lowest BCUT2D eigenvalue weighted by atomic mass is 9.89. The van der Waals surface area contributed by atoms with Crippen LogP contribution in [0.15, 0.2) is 0 Å². The van der Waals surface area contributed by atoms with Crippen molar-refractivity contribution >= 4 is 0 Å². The minimum atomic E-state index is 0.538. The van der Waals surface area contributed by atoms with E-state index in [0.29, 0.717) is 6.10 Å². The van der Waals surface area contributed by atoms with Gasteiger partial charge in [0.1, 0.15) is 0 Å². The second-order valence-electron chi connectivity index (χ2n) is 6.05. The van der Waals surface area contributed by atoms with E-state index in [2.05, 4.69) is 26.1 Å². The Labute approximate surface area is 108 Å². The van der Waals surface area contributed by atoms with Gasteiger partial charge in [0, 0.05) is 6.54 Å². The molecule has 0 bridgehead atoms. The molecule has 1 aliphatic rings. The van der Waals surface area contributed by atoms with Gasteiger partial charge in [0.2, 0.25) is 0 Å². The number of ether oxygens (including phenoxy) is 1. The largest absolute Gasteiger partial charge is 0.377 e. The maximum atomic E-state index is 5.92. The fraction of sp³-hybridized carbons (Fsp3) is 1.00. The van der Waals surface area contributed by atoms with Crippen LogP contribution in [0.4, 0.5) is 0 Å². The van der Waals surface area contributed by atoms with Crippen molar-refractivity contribution in [2.45, 2.75) is 65.4 Å². The fourth-order valence-electron chi connectivity index (χ4n) is 2.59. The Kier molecular flexibility index (Phi) is 7.87. The molecule has 1 fully saturated rings. The lowest BCUT2D eigenvalue weighted by Gasteiger charge is -2.26. The summed E-state index contributed by atoms with van der Waals surface area (Å²) in [6.45, 7) is 9.96. The summed E-state index contributed by atoms with van der Waals surface area (Å²) in [5.41, 5.74) is 0. The highest BCUT2D eigenvalue weighted by Gasteiger charge is 2.18. The zero-order valence-corrected chi connectivity index (χ0v) is 12.0. The Morgan fingerprint density at radius 1 is 1.24 bits per heavy atom. The summed E-state index contributed by atoms with van der Waals surface area (Å²) in [4.78, 5) is 0. The van der Waals surface area contributed by atoms with Crippen LogP contribution in [0.5, 0.6) is 0 Å². The molecule has 0 radical (unpaired) electrons. The number of hydrogen-bond acceptors (Lipinski definition) is 2. The summed E-state index contributed by atoms with van der Waals surface area (Å²) in [6, 6.07) is 0. The van der Waals surface area contributed by atoms with Gasteiger partial charge in [0.05, 0.1) is 12.7 Å². The molecule has 0 spiro atoms. The number of nitrogens with one attached hydrogen (secondary N) is 1. The van der Waals surface area contributed by atoms with Crippen LogP contribution >= 0.6 is 0 Å². The van der Waals surface area contributed by atoms with E-state index in [0.717, 1.165) is 31.5 Å². The molecule has 1 rings (SSSR count). The fourth-order valence-corrected chi connectivity index (χ4v) is 2.59.